The van der Waals surface area contributed by atoms with Crippen molar-refractivity contribution in [2.24, 2.45) is 5.92 Å². The van der Waals surface area contributed by atoms with Crippen molar-refractivity contribution in [1.82, 2.24) is 5.32 Å². The second-order valence-electron chi connectivity index (χ2n) is 4.36. The minimum absolute atomic E-state index is 0.0390. The Morgan fingerprint density at radius 1 is 1.29 bits per heavy atom. The van der Waals surface area contributed by atoms with Crippen LogP contribution in [0.2, 0.25) is 0 Å². The van der Waals surface area contributed by atoms with E-state index in [9.17, 15) is 9.59 Å². The van der Waals surface area contributed by atoms with E-state index in [1.54, 1.807) is 6.08 Å². The summed E-state index contributed by atoms with van der Waals surface area (Å²) in [5.74, 6) is 0.376. The number of allylic oxidation sites excluding steroid dienone is 1. The van der Waals surface area contributed by atoms with Gasteiger partial charge in [0.2, 0.25) is 5.91 Å². The number of unbranched alkanes of at least 4 members (excludes halogenated alkanes) is 1. The summed E-state index contributed by atoms with van der Waals surface area (Å²) >= 11 is 0. The van der Waals surface area contributed by atoms with Gasteiger partial charge in [0.15, 0.2) is 5.78 Å². The van der Waals surface area contributed by atoms with Crippen LogP contribution in [0.4, 0.5) is 0 Å². The molecule has 0 saturated carbocycles. The maximum atomic E-state index is 11.3. The van der Waals surface area contributed by atoms with Crippen molar-refractivity contribution in [3.63, 3.8) is 0 Å². The molecule has 0 saturated heterocycles. The highest BCUT2D eigenvalue weighted by molar-refractivity contribution is 5.87. The first-order valence-corrected chi connectivity index (χ1v) is 6.05. The molecular weight excluding hydrogens is 218 g/mol. The van der Waals surface area contributed by atoms with Crippen molar-refractivity contribution in [3.8, 4) is 0 Å². The van der Waals surface area contributed by atoms with Gasteiger partial charge in [-0.2, -0.15) is 0 Å². The van der Waals surface area contributed by atoms with Gasteiger partial charge in [-0.1, -0.05) is 19.9 Å². The van der Waals surface area contributed by atoms with E-state index in [0.29, 0.717) is 19.1 Å². The molecule has 0 fully saturated rings. The largest absolute Gasteiger partial charge is 0.374 e. The van der Waals surface area contributed by atoms with Crippen LogP contribution in [0.25, 0.3) is 0 Å². The van der Waals surface area contributed by atoms with Gasteiger partial charge >= 0.3 is 0 Å². The lowest BCUT2D eigenvalue weighted by Crippen LogP contribution is -2.22. The number of ketones is 1. The molecule has 0 aliphatic rings. The van der Waals surface area contributed by atoms with E-state index < -0.39 is 0 Å². The molecule has 0 spiro atoms. The Labute approximate surface area is 103 Å². The maximum Gasteiger partial charge on any atom is 0.243 e. The predicted molar refractivity (Wildman–Crippen MR) is 67.7 cm³/mol. The number of rotatable bonds is 9. The lowest BCUT2D eigenvalue weighted by Gasteiger charge is -2.03. The molecule has 17 heavy (non-hydrogen) atoms. The summed E-state index contributed by atoms with van der Waals surface area (Å²) in [5.41, 5.74) is 0. The van der Waals surface area contributed by atoms with E-state index in [1.165, 1.54) is 6.92 Å². The minimum Gasteiger partial charge on any atom is -0.374 e. The third-order valence-electron chi connectivity index (χ3n) is 1.95. The standard InChI is InChI=1S/C13H23NO3/c1-11(2)6-7-13(16)14-8-4-5-9-17-10-12(3)15/h6-7,11H,4-5,8-10H2,1-3H3,(H,14,16)/b7-6+. The van der Waals surface area contributed by atoms with Crippen LogP contribution in [-0.2, 0) is 14.3 Å². The highest BCUT2D eigenvalue weighted by Crippen LogP contribution is 1.93. The first-order chi connectivity index (χ1) is 8.02. The van der Waals surface area contributed by atoms with Gasteiger partial charge in [0, 0.05) is 13.2 Å². The number of hydrogen-bond donors (Lipinski definition) is 1. The molecule has 0 aliphatic heterocycles. The van der Waals surface area contributed by atoms with Gasteiger partial charge in [0.25, 0.3) is 0 Å². The van der Waals surface area contributed by atoms with Crippen LogP contribution in [-0.4, -0.2) is 31.4 Å². The summed E-state index contributed by atoms with van der Waals surface area (Å²) in [7, 11) is 0. The zero-order valence-corrected chi connectivity index (χ0v) is 11.0. The summed E-state index contributed by atoms with van der Waals surface area (Å²) in [6, 6.07) is 0. The molecule has 98 valence electrons. The highest BCUT2D eigenvalue weighted by Gasteiger charge is 1.96. The van der Waals surface area contributed by atoms with Gasteiger partial charge < -0.3 is 10.1 Å². The first kappa shape index (κ1) is 15.8. The molecular formula is C13H23NO3. The number of carbonyl (C=O) groups is 2. The van der Waals surface area contributed by atoms with Crippen LogP contribution in [0.3, 0.4) is 0 Å². The van der Waals surface area contributed by atoms with Crippen LogP contribution in [0.15, 0.2) is 12.2 Å². The fraction of sp³-hybridized carbons (Fsp3) is 0.692. The number of carbonyl (C=O) groups excluding carboxylic acids is 2. The van der Waals surface area contributed by atoms with E-state index in [1.807, 2.05) is 19.9 Å². The average Bonchev–Trinajstić information content (AvgIpc) is 2.24. The number of nitrogens with one attached hydrogen (secondary N) is 1. The first-order valence-electron chi connectivity index (χ1n) is 6.05. The normalized spacial score (nSPS) is 11.1. The van der Waals surface area contributed by atoms with Crippen molar-refractivity contribution < 1.29 is 14.3 Å². The van der Waals surface area contributed by atoms with Crippen LogP contribution in [0.5, 0.6) is 0 Å². The van der Waals surface area contributed by atoms with Crippen molar-refractivity contribution in [1.29, 1.82) is 0 Å². The van der Waals surface area contributed by atoms with Gasteiger partial charge in [0.05, 0.1) is 0 Å². The highest BCUT2D eigenvalue weighted by atomic mass is 16.5. The Morgan fingerprint density at radius 3 is 2.59 bits per heavy atom. The maximum absolute atomic E-state index is 11.3. The Bertz CT molecular complexity index is 259. The minimum atomic E-state index is -0.0524. The zero-order chi connectivity index (χ0) is 13.1. The smallest absolute Gasteiger partial charge is 0.243 e. The summed E-state index contributed by atoms with van der Waals surface area (Å²) in [5, 5.41) is 2.79. The molecule has 0 aliphatic carbocycles. The predicted octanol–water partition coefficient (Wildman–Crippen LogP) is 1.70. The summed E-state index contributed by atoms with van der Waals surface area (Å²) in [4.78, 5) is 21.8. The fourth-order valence-corrected chi connectivity index (χ4v) is 1.10. The number of amides is 1. The fourth-order valence-electron chi connectivity index (χ4n) is 1.10. The average molecular weight is 241 g/mol. The molecule has 0 rings (SSSR count). The lowest BCUT2D eigenvalue weighted by molar-refractivity contribution is -0.121. The van der Waals surface area contributed by atoms with Crippen molar-refractivity contribution in [2.45, 2.75) is 33.6 Å². The molecule has 4 heteroatoms. The van der Waals surface area contributed by atoms with Gasteiger partial charge in [-0.05, 0) is 31.8 Å². The SMILES string of the molecule is CC(=O)COCCCCNC(=O)/C=C/C(C)C. The molecule has 0 atom stereocenters. The van der Waals surface area contributed by atoms with E-state index in [0.717, 1.165) is 12.8 Å². The molecule has 0 heterocycles. The molecule has 1 N–H and O–H groups in total. The van der Waals surface area contributed by atoms with E-state index in [2.05, 4.69) is 5.32 Å². The van der Waals surface area contributed by atoms with Crippen LogP contribution >= 0.6 is 0 Å². The summed E-state index contributed by atoms with van der Waals surface area (Å²) in [6.07, 6.45) is 5.14. The van der Waals surface area contributed by atoms with Crippen LogP contribution < -0.4 is 5.32 Å². The molecule has 0 unspecified atom stereocenters. The summed E-state index contributed by atoms with van der Waals surface area (Å²) in [6.45, 7) is 6.94. The third-order valence-corrected chi connectivity index (χ3v) is 1.95. The quantitative estimate of drug-likeness (QED) is 0.494. The second-order valence-corrected chi connectivity index (χ2v) is 4.36. The lowest BCUT2D eigenvalue weighted by atomic mass is 10.2. The molecule has 4 nitrogen and oxygen atoms in total. The number of ether oxygens (including phenoxy) is 1. The van der Waals surface area contributed by atoms with Gasteiger partial charge in [-0.25, -0.2) is 0 Å². The molecule has 1 amide bonds. The zero-order valence-electron chi connectivity index (χ0n) is 11.0. The van der Waals surface area contributed by atoms with Crippen LogP contribution in [0.1, 0.15) is 33.6 Å². The Morgan fingerprint density at radius 2 is 2.00 bits per heavy atom. The Kier molecular flexibility index (Phi) is 9.34. The molecule has 0 aromatic carbocycles. The topological polar surface area (TPSA) is 55.4 Å². The molecule has 0 aromatic rings. The Balaban J connectivity index is 3.33. The number of Topliss-reactive ketones (excluding diaryl/α,β-unsaturated/α-hetero) is 1. The van der Waals surface area contributed by atoms with Crippen molar-refractivity contribution >= 4 is 11.7 Å². The van der Waals surface area contributed by atoms with Gasteiger partial charge in [-0.15, -0.1) is 0 Å². The second kappa shape index (κ2) is 10.0. The van der Waals surface area contributed by atoms with E-state index in [-0.39, 0.29) is 18.3 Å². The monoisotopic (exact) mass is 241 g/mol. The molecule has 0 aromatic heterocycles. The van der Waals surface area contributed by atoms with Crippen molar-refractivity contribution in [2.75, 3.05) is 19.8 Å². The van der Waals surface area contributed by atoms with Crippen molar-refractivity contribution in [3.05, 3.63) is 12.2 Å². The van der Waals surface area contributed by atoms with Gasteiger partial charge in [0.1, 0.15) is 6.61 Å². The Hall–Kier alpha value is -1.16. The van der Waals surface area contributed by atoms with Crippen LogP contribution in [0, 0.1) is 5.92 Å². The summed E-state index contributed by atoms with van der Waals surface area (Å²) < 4.78 is 5.10. The third kappa shape index (κ3) is 12.8. The van der Waals surface area contributed by atoms with E-state index in [4.69, 9.17) is 4.74 Å². The number of hydrogen-bond acceptors (Lipinski definition) is 3. The molecule has 0 radical (unpaired) electrons. The van der Waals surface area contributed by atoms with E-state index >= 15 is 0 Å². The molecule has 0 bridgehead atoms. The van der Waals surface area contributed by atoms with Gasteiger partial charge in [-0.3, -0.25) is 9.59 Å².